The molecule has 0 aliphatic rings. The van der Waals surface area contributed by atoms with Gasteiger partial charge in [0.25, 0.3) is 0 Å². The van der Waals surface area contributed by atoms with Gasteiger partial charge in [0.2, 0.25) is 9.84 Å². The van der Waals surface area contributed by atoms with Crippen molar-refractivity contribution in [1.29, 1.82) is 5.26 Å². The minimum atomic E-state index is -3.55. The topological polar surface area (TPSA) is 91.6 Å². The Bertz CT molecular complexity index is 1130. The lowest BCUT2D eigenvalue weighted by Crippen LogP contribution is -2.02. The second-order valence-corrected chi connectivity index (χ2v) is 8.18. The van der Waals surface area contributed by atoms with Gasteiger partial charge in [-0.05, 0) is 73.2 Å². The van der Waals surface area contributed by atoms with Crippen molar-refractivity contribution in [2.24, 2.45) is 5.10 Å². The molecule has 0 bridgehead atoms. The van der Waals surface area contributed by atoms with Crippen molar-refractivity contribution in [2.45, 2.75) is 16.7 Å². The second kappa shape index (κ2) is 9.04. The molecule has 0 aliphatic heterocycles. The van der Waals surface area contributed by atoms with E-state index in [-0.39, 0.29) is 16.4 Å². The summed E-state index contributed by atoms with van der Waals surface area (Å²) in [6, 6.07) is 22.2. The van der Waals surface area contributed by atoms with Gasteiger partial charge in [-0.15, -0.1) is 0 Å². The van der Waals surface area contributed by atoms with Gasteiger partial charge in [0.15, 0.2) is 6.61 Å². The van der Waals surface area contributed by atoms with Gasteiger partial charge in [-0.2, -0.15) is 10.4 Å². The molecule has 29 heavy (non-hydrogen) atoms. The van der Waals surface area contributed by atoms with Gasteiger partial charge in [0, 0.05) is 0 Å². The molecule has 0 unspecified atom stereocenters. The summed E-state index contributed by atoms with van der Waals surface area (Å²) in [5, 5.41) is 12.6. The third kappa shape index (κ3) is 5.21. The van der Waals surface area contributed by atoms with E-state index in [9.17, 15) is 8.42 Å². The highest BCUT2D eigenvalue weighted by atomic mass is 32.2. The first-order valence-corrected chi connectivity index (χ1v) is 10.3. The minimum Gasteiger partial charge on any atom is -0.479 e. The predicted octanol–water partition coefficient (Wildman–Crippen LogP) is 4.18. The number of sulfone groups is 1. The van der Waals surface area contributed by atoms with Crippen LogP contribution in [0.15, 0.2) is 87.7 Å². The van der Waals surface area contributed by atoms with Gasteiger partial charge in [0.1, 0.15) is 11.8 Å². The number of hydrazone groups is 1. The number of aryl methyl sites for hydroxylation is 1. The summed E-state index contributed by atoms with van der Waals surface area (Å²) < 4.78 is 30.5. The summed E-state index contributed by atoms with van der Waals surface area (Å²) in [4.78, 5) is 0.493. The highest BCUT2D eigenvalue weighted by Gasteiger charge is 2.16. The lowest BCUT2D eigenvalue weighted by Gasteiger charge is -2.06. The molecule has 0 fully saturated rings. The first kappa shape index (κ1) is 20.1. The van der Waals surface area contributed by atoms with Crippen molar-refractivity contribution in [1.82, 2.24) is 0 Å². The Balaban J connectivity index is 1.64. The third-order valence-electron chi connectivity index (χ3n) is 4.09. The molecule has 6 nitrogen and oxygen atoms in total. The summed E-state index contributed by atoms with van der Waals surface area (Å²) >= 11 is 0. The monoisotopic (exact) mass is 405 g/mol. The number of nitrogens with zero attached hydrogens (tertiary/aromatic N) is 2. The van der Waals surface area contributed by atoms with Crippen LogP contribution in [0, 0.1) is 18.3 Å². The molecule has 3 aromatic carbocycles. The maximum atomic E-state index is 12.7. The molecule has 1 N–H and O–H groups in total. The number of benzene rings is 3. The van der Waals surface area contributed by atoms with Crippen molar-refractivity contribution < 1.29 is 13.2 Å². The first-order chi connectivity index (χ1) is 14.0. The number of nitrogens with one attached hydrogen (secondary N) is 1. The standard InChI is InChI=1S/C22H19N3O3S/c1-17-2-10-21(11-3-17)29(26,27)22-12-6-19(7-13-22)25-24-16-18-4-8-20(9-5-18)28-15-14-23/h2-13,16,25H,15H2,1H3/b24-16-. The lowest BCUT2D eigenvalue weighted by molar-refractivity contribution is 0.368. The molecule has 0 aromatic heterocycles. The number of nitriles is 1. The number of ether oxygens (including phenoxy) is 1. The van der Waals surface area contributed by atoms with Crippen LogP contribution >= 0.6 is 0 Å². The second-order valence-electron chi connectivity index (χ2n) is 6.23. The first-order valence-electron chi connectivity index (χ1n) is 8.80. The Hall–Kier alpha value is -3.63. The van der Waals surface area contributed by atoms with Crippen LogP contribution in [0.3, 0.4) is 0 Å². The molecule has 0 atom stereocenters. The number of hydrogen-bond donors (Lipinski definition) is 1. The third-order valence-corrected chi connectivity index (χ3v) is 5.87. The molecule has 0 spiro atoms. The van der Waals surface area contributed by atoms with Gasteiger partial charge >= 0.3 is 0 Å². The van der Waals surface area contributed by atoms with Crippen LogP contribution in [-0.2, 0) is 9.84 Å². The van der Waals surface area contributed by atoms with Gasteiger partial charge in [0.05, 0.1) is 21.7 Å². The Kier molecular flexibility index (Phi) is 6.27. The molecule has 3 rings (SSSR count). The van der Waals surface area contributed by atoms with E-state index in [2.05, 4.69) is 10.5 Å². The smallest absolute Gasteiger partial charge is 0.206 e. The molecule has 0 heterocycles. The quantitative estimate of drug-likeness (QED) is 0.470. The van der Waals surface area contributed by atoms with Crippen molar-refractivity contribution in [2.75, 3.05) is 12.0 Å². The van der Waals surface area contributed by atoms with Gasteiger partial charge in [-0.1, -0.05) is 17.7 Å². The van der Waals surface area contributed by atoms with E-state index in [1.165, 1.54) is 0 Å². The predicted molar refractivity (Wildman–Crippen MR) is 112 cm³/mol. The molecule has 146 valence electrons. The number of anilines is 1. The Morgan fingerprint density at radius 1 is 0.966 bits per heavy atom. The largest absolute Gasteiger partial charge is 0.479 e. The van der Waals surface area contributed by atoms with E-state index in [1.54, 1.807) is 66.9 Å². The highest BCUT2D eigenvalue weighted by molar-refractivity contribution is 7.91. The average Bonchev–Trinajstić information content (AvgIpc) is 2.74. The molecule has 0 saturated heterocycles. The van der Waals surface area contributed by atoms with Crippen molar-refractivity contribution in [3.63, 3.8) is 0 Å². The van der Waals surface area contributed by atoms with Crippen LogP contribution in [0.25, 0.3) is 0 Å². The maximum absolute atomic E-state index is 12.7. The zero-order valence-electron chi connectivity index (χ0n) is 15.7. The number of rotatable bonds is 7. The van der Waals surface area contributed by atoms with E-state index in [0.29, 0.717) is 11.4 Å². The summed E-state index contributed by atoms with van der Waals surface area (Å²) in [5.41, 5.74) is 5.39. The zero-order valence-corrected chi connectivity index (χ0v) is 16.6. The summed E-state index contributed by atoms with van der Waals surface area (Å²) in [7, 11) is -3.55. The summed E-state index contributed by atoms with van der Waals surface area (Å²) in [5.74, 6) is 0.613. The fourth-order valence-corrected chi connectivity index (χ4v) is 3.77. The van der Waals surface area contributed by atoms with Crippen LogP contribution in [0.1, 0.15) is 11.1 Å². The van der Waals surface area contributed by atoms with Crippen LogP contribution in [0.2, 0.25) is 0 Å². The van der Waals surface area contributed by atoms with E-state index in [4.69, 9.17) is 10.00 Å². The van der Waals surface area contributed by atoms with Gasteiger partial charge < -0.3 is 4.74 Å². The molecular weight excluding hydrogens is 386 g/mol. The lowest BCUT2D eigenvalue weighted by atomic mass is 10.2. The van der Waals surface area contributed by atoms with E-state index < -0.39 is 9.84 Å². The SMILES string of the molecule is Cc1ccc(S(=O)(=O)c2ccc(N/N=C\c3ccc(OCC#N)cc3)cc2)cc1. The molecule has 0 saturated carbocycles. The fourth-order valence-electron chi connectivity index (χ4n) is 2.51. The van der Waals surface area contributed by atoms with Crippen LogP contribution in [0.5, 0.6) is 5.75 Å². The minimum absolute atomic E-state index is 0.00458. The van der Waals surface area contributed by atoms with Gasteiger partial charge in [-0.25, -0.2) is 8.42 Å². The maximum Gasteiger partial charge on any atom is 0.206 e. The van der Waals surface area contributed by atoms with E-state index in [0.717, 1.165) is 11.1 Å². The molecule has 0 aliphatic carbocycles. The summed E-state index contributed by atoms with van der Waals surface area (Å²) in [6.07, 6.45) is 1.63. The Labute approximate surface area is 170 Å². The normalized spacial score (nSPS) is 11.2. The number of hydrogen-bond acceptors (Lipinski definition) is 6. The van der Waals surface area contributed by atoms with Crippen molar-refractivity contribution >= 4 is 21.7 Å². The molecule has 0 radical (unpaired) electrons. The zero-order chi connectivity index (χ0) is 20.7. The van der Waals surface area contributed by atoms with Crippen molar-refractivity contribution in [3.05, 3.63) is 83.9 Å². The Morgan fingerprint density at radius 2 is 1.55 bits per heavy atom. The molecule has 7 heteroatoms. The Morgan fingerprint density at radius 3 is 2.14 bits per heavy atom. The highest BCUT2D eigenvalue weighted by Crippen LogP contribution is 2.22. The molecule has 3 aromatic rings. The van der Waals surface area contributed by atoms with Crippen molar-refractivity contribution in [3.8, 4) is 11.8 Å². The summed E-state index contributed by atoms with van der Waals surface area (Å²) in [6.45, 7) is 1.92. The van der Waals surface area contributed by atoms with E-state index in [1.807, 2.05) is 25.1 Å². The van der Waals surface area contributed by atoms with Gasteiger partial charge in [-0.3, -0.25) is 5.43 Å². The van der Waals surface area contributed by atoms with Crippen LogP contribution in [0.4, 0.5) is 5.69 Å². The van der Waals surface area contributed by atoms with E-state index >= 15 is 0 Å². The van der Waals surface area contributed by atoms with Crippen LogP contribution < -0.4 is 10.2 Å². The fraction of sp³-hybridized carbons (Fsp3) is 0.0909. The molecular formula is C22H19N3O3S. The molecule has 0 amide bonds. The van der Waals surface area contributed by atoms with Crippen LogP contribution in [-0.4, -0.2) is 21.2 Å². The average molecular weight is 405 g/mol.